The van der Waals surface area contributed by atoms with Gasteiger partial charge in [-0.15, -0.1) is 0 Å². The monoisotopic (exact) mass is 514 g/mol. The summed E-state index contributed by atoms with van der Waals surface area (Å²) in [5.74, 6) is -0.182. The van der Waals surface area contributed by atoms with Gasteiger partial charge in [-0.25, -0.2) is 8.42 Å². The lowest BCUT2D eigenvalue weighted by Gasteiger charge is -2.28. The van der Waals surface area contributed by atoms with E-state index in [1.165, 1.54) is 0 Å². The SMILES string of the molecule is Cc1ccc(S(=O)(=O)N2CC(c3ccc4ccccc4c3)c3c([nH]c4ccccc34)-c3ccccc32)cc1. The van der Waals surface area contributed by atoms with E-state index < -0.39 is 10.0 Å². The second-order valence-electron chi connectivity index (χ2n) is 9.98. The zero-order valence-corrected chi connectivity index (χ0v) is 21.7. The lowest BCUT2D eigenvalue weighted by atomic mass is 9.87. The summed E-state index contributed by atoms with van der Waals surface area (Å²) in [4.78, 5) is 3.94. The van der Waals surface area contributed by atoms with Crippen molar-refractivity contribution in [2.24, 2.45) is 0 Å². The average molecular weight is 515 g/mol. The molecule has 7 rings (SSSR count). The van der Waals surface area contributed by atoms with Gasteiger partial charge in [0.1, 0.15) is 0 Å². The van der Waals surface area contributed by atoms with Crippen LogP contribution in [0.15, 0.2) is 120 Å². The number of fused-ring (bicyclic) bond motifs is 6. The predicted octanol–water partition coefficient (Wildman–Crippen LogP) is 7.64. The number of aromatic nitrogens is 1. The molecule has 0 bridgehead atoms. The van der Waals surface area contributed by atoms with Crippen molar-refractivity contribution < 1.29 is 8.42 Å². The summed E-state index contributed by atoms with van der Waals surface area (Å²) in [6.45, 7) is 2.26. The second kappa shape index (κ2) is 8.61. The molecule has 0 amide bonds. The number of aryl methyl sites for hydroxylation is 1. The molecule has 2 heterocycles. The average Bonchev–Trinajstić information content (AvgIpc) is 3.26. The molecule has 1 atom stereocenters. The Labute approximate surface area is 222 Å². The van der Waals surface area contributed by atoms with Gasteiger partial charge in [0.2, 0.25) is 0 Å². The first kappa shape index (κ1) is 22.8. The molecule has 0 spiro atoms. The Balaban J connectivity index is 1.51. The summed E-state index contributed by atoms with van der Waals surface area (Å²) in [7, 11) is -3.83. The molecule has 1 aliphatic heterocycles. The van der Waals surface area contributed by atoms with Gasteiger partial charge >= 0.3 is 0 Å². The van der Waals surface area contributed by atoms with Crippen LogP contribution in [0.25, 0.3) is 32.9 Å². The molecule has 4 nitrogen and oxygen atoms in total. The van der Waals surface area contributed by atoms with Gasteiger partial charge in [-0.1, -0.05) is 96.6 Å². The third-order valence-electron chi connectivity index (χ3n) is 7.67. The number of H-pyrrole nitrogens is 1. The molecule has 1 aliphatic rings. The summed E-state index contributed by atoms with van der Waals surface area (Å²) < 4.78 is 30.1. The van der Waals surface area contributed by atoms with Crippen LogP contribution in [-0.4, -0.2) is 19.9 Å². The van der Waals surface area contributed by atoms with Crippen molar-refractivity contribution in [3.8, 4) is 11.3 Å². The maximum absolute atomic E-state index is 14.3. The van der Waals surface area contributed by atoms with E-state index in [0.717, 1.165) is 49.6 Å². The lowest BCUT2D eigenvalue weighted by Crippen LogP contribution is -2.34. The van der Waals surface area contributed by atoms with Gasteiger partial charge in [-0.2, -0.15) is 0 Å². The molecule has 38 heavy (non-hydrogen) atoms. The molecule has 1 aromatic heterocycles. The minimum Gasteiger partial charge on any atom is -0.354 e. The van der Waals surface area contributed by atoms with Crippen LogP contribution < -0.4 is 4.31 Å². The normalized spacial score (nSPS) is 15.3. The fraction of sp³-hybridized carbons (Fsp3) is 0.0909. The number of benzene rings is 5. The number of nitrogens with one attached hydrogen (secondary N) is 1. The third kappa shape index (κ3) is 3.54. The van der Waals surface area contributed by atoms with E-state index >= 15 is 0 Å². The number of sulfonamides is 1. The Morgan fingerprint density at radius 2 is 1.47 bits per heavy atom. The molecule has 0 saturated heterocycles. The summed E-state index contributed by atoms with van der Waals surface area (Å²) in [6, 6.07) is 38.0. The Kier molecular flexibility index (Phi) is 5.17. The van der Waals surface area contributed by atoms with Crippen molar-refractivity contribution in [3.05, 3.63) is 132 Å². The van der Waals surface area contributed by atoms with E-state index in [9.17, 15) is 8.42 Å². The largest absolute Gasteiger partial charge is 0.354 e. The Morgan fingerprint density at radius 1 is 0.763 bits per heavy atom. The van der Waals surface area contributed by atoms with E-state index in [4.69, 9.17) is 0 Å². The van der Waals surface area contributed by atoms with Crippen molar-refractivity contribution in [2.75, 3.05) is 10.8 Å². The van der Waals surface area contributed by atoms with Crippen molar-refractivity contribution >= 4 is 37.4 Å². The third-order valence-corrected chi connectivity index (χ3v) is 9.46. The van der Waals surface area contributed by atoms with Gasteiger partial charge in [-0.05, 0) is 53.1 Å². The molecule has 0 fully saturated rings. The van der Waals surface area contributed by atoms with Gasteiger partial charge in [0.25, 0.3) is 10.0 Å². The lowest BCUT2D eigenvalue weighted by molar-refractivity contribution is 0.589. The smallest absolute Gasteiger partial charge is 0.264 e. The highest BCUT2D eigenvalue weighted by Crippen LogP contribution is 2.47. The molecule has 0 aliphatic carbocycles. The molecule has 6 aromatic rings. The summed E-state index contributed by atoms with van der Waals surface area (Å²) in [5.41, 5.74) is 6.84. The molecule has 5 heteroatoms. The predicted molar refractivity (Wildman–Crippen MR) is 155 cm³/mol. The van der Waals surface area contributed by atoms with E-state index in [0.29, 0.717) is 17.1 Å². The summed E-state index contributed by atoms with van der Waals surface area (Å²) in [5, 5.41) is 3.42. The number of nitrogens with zero attached hydrogens (tertiary/aromatic N) is 1. The van der Waals surface area contributed by atoms with Crippen LogP contribution in [0.2, 0.25) is 0 Å². The topological polar surface area (TPSA) is 53.2 Å². The van der Waals surface area contributed by atoms with Crippen molar-refractivity contribution in [2.45, 2.75) is 17.7 Å². The van der Waals surface area contributed by atoms with Crippen LogP contribution in [0.4, 0.5) is 5.69 Å². The Bertz CT molecular complexity index is 1940. The standard InChI is InChI=1S/C33H26N2O2S/c1-22-14-18-26(19-15-22)38(36,37)35-21-29(25-17-16-23-8-2-3-9-24(23)20-25)32-27-10-4-6-12-30(27)34-33(32)28-11-5-7-13-31(28)35/h2-20,29,34H,21H2,1H3. The highest BCUT2D eigenvalue weighted by molar-refractivity contribution is 7.92. The maximum Gasteiger partial charge on any atom is 0.264 e. The van der Waals surface area contributed by atoms with Gasteiger partial charge < -0.3 is 4.98 Å². The Morgan fingerprint density at radius 3 is 2.32 bits per heavy atom. The van der Waals surface area contributed by atoms with Gasteiger partial charge in [0.05, 0.1) is 16.3 Å². The molecule has 5 aromatic carbocycles. The fourth-order valence-electron chi connectivity index (χ4n) is 5.76. The molecule has 1 unspecified atom stereocenters. The first-order valence-electron chi connectivity index (χ1n) is 12.8. The molecular weight excluding hydrogens is 488 g/mol. The highest BCUT2D eigenvalue weighted by Gasteiger charge is 2.36. The van der Waals surface area contributed by atoms with Crippen LogP contribution in [-0.2, 0) is 10.0 Å². The number of anilines is 1. The fourth-order valence-corrected chi connectivity index (χ4v) is 7.26. The molecular formula is C33H26N2O2S. The van der Waals surface area contributed by atoms with Crippen molar-refractivity contribution in [3.63, 3.8) is 0 Å². The number of rotatable bonds is 3. The van der Waals surface area contributed by atoms with Crippen LogP contribution in [0.1, 0.15) is 22.6 Å². The summed E-state index contributed by atoms with van der Waals surface area (Å²) >= 11 is 0. The van der Waals surface area contributed by atoms with Crippen molar-refractivity contribution in [1.82, 2.24) is 4.98 Å². The highest BCUT2D eigenvalue weighted by atomic mass is 32.2. The molecule has 186 valence electrons. The van der Waals surface area contributed by atoms with E-state index in [-0.39, 0.29) is 5.92 Å². The minimum absolute atomic E-state index is 0.182. The number of para-hydroxylation sites is 2. The number of hydrogen-bond donors (Lipinski definition) is 1. The summed E-state index contributed by atoms with van der Waals surface area (Å²) in [6.07, 6.45) is 0. The van der Waals surface area contributed by atoms with E-state index in [1.807, 2.05) is 67.6 Å². The van der Waals surface area contributed by atoms with Crippen LogP contribution >= 0.6 is 0 Å². The maximum atomic E-state index is 14.3. The molecule has 1 N–H and O–H groups in total. The van der Waals surface area contributed by atoms with Gasteiger partial charge in [-0.3, -0.25) is 4.31 Å². The van der Waals surface area contributed by atoms with Crippen molar-refractivity contribution in [1.29, 1.82) is 0 Å². The Hall–Kier alpha value is -4.35. The zero-order chi connectivity index (χ0) is 25.9. The van der Waals surface area contributed by atoms with Gasteiger partial charge in [0, 0.05) is 28.9 Å². The van der Waals surface area contributed by atoms with Crippen LogP contribution in [0.5, 0.6) is 0 Å². The van der Waals surface area contributed by atoms with Crippen LogP contribution in [0.3, 0.4) is 0 Å². The quantitative estimate of drug-likeness (QED) is 0.264. The zero-order valence-electron chi connectivity index (χ0n) is 20.9. The van der Waals surface area contributed by atoms with E-state index in [2.05, 4.69) is 47.4 Å². The van der Waals surface area contributed by atoms with E-state index in [1.54, 1.807) is 16.4 Å². The first-order valence-corrected chi connectivity index (χ1v) is 14.2. The second-order valence-corrected chi connectivity index (χ2v) is 11.8. The molecule has 0 radical (unpaired) electrons. The number of hydrogen-bond acceptors (Lipinski definition) is 2. The molecule has 0 saturated carbocycles. The van der Waals surface area contributed by atoms with Gasteiger partial charge in [0.15, 0.2) is 0 Å². The number of aromatic amines is 1. The first-order chi connectivity index (χ1) is 18.5. The minimum atomic E-state index is -3.83. The van der Waals surface area contributed by atoms with Crippen LogP contribution in [0, 0.1) is 6.92 Å².